The van der Waals surface area contributed by atoms with Gasteiger partial charge in [-0.05, 0) is 35.9 Å². The highest BCUT2D eigenvalue weighted by Gasteiger charge is 2.15. The number of halogens is 1. The minimum atomic E-state index is -3.98. The van der Waals surface area contributed by atoms with Gasteiger partial charge in [0.2, 0.25) is 0 Å². The topological polar surface area (TPSA) is 106 Å². The van der Waals surface area contributed by atoms with Crippen LogP contribution in [0.5, 0.6) is 0 Å². The molecule has 9 heteroatoms. The van der Waals surface area contributed by atoms with E-state index in [1.807, 2.05) is 4.72 Å². The summed E-state index contributed by atoms with van der Waals surface area (Å²) in [5.74, 6) is -0.857. The van der Waals surface area contributed by atoms with Gasteiger partial charge in [-0.2, -0.15) is 0 Å². The van der Waals surface area contributed by atoms with Gasteiger partial charge in [-0.15, -0.1) is 0 Å². The summed E-state index contributed by atoms with van der Waals surface area (Å²) in [6, 6.07) is 11.4. The number of carbonyl (C=O) groups excluding carboxylic acids is 1. The second kappa shape index (κ2) is 7.37. The monoisotopic (exact) mass is 410 g/mol. The minimum Gasteiger partial charge on any atom is -0.269 e. The van der Waals surface area contributed by atoms with Gasteiger partial charge in [0.15, 0.2) is 0 Å². The molecule has 0 saturated carbocycles. The second-order valence-corrected chi connectivity index (χ2v) is 7.21. The predicted molar refractivity (Wildman–Crippen MR) is 91.6 cm³/mol. The maximum Gasteiger partial charge on any atom is 0.270 e. The van der Waals surface area contributed by atoms with Gasteiger partial charge in [0.05, 0.1) is 9.82 Å². The third-order valence-electron chi connectivity index (χ3n) is 2.87. The van der Waals surface area contributed by atoms with Gasteiger partial charge in [-0.1, -0.05) is 28.1 Å². The highest BCUT2D eigenvalue weighted by Crippen LogP contribution is 2.15. The number of nitrogens with zero attached hydrogens (tertiary/aromatic N) is 1. The van der Waals surface area contributed by atoms with Gasteiger partial charge in [0.1, 0.15) is 0 Å². The Hall–Kier alpha value is -2.52. The molecular weight excluding hydrogens is 400 g/mol. The zero-order chi connectivity index (χ0) is 17.7. The van der Waals surface area contributed by atoms with Crippen molar-refractivity contribution in [3.63, 3.8) is 0 Å². The van der Waals surface area contributed by atoms with Crippen molar-refractivity contribution >= 4 is 43.6 Å². The minimum absolute atomic E-state index is 0.0530. The SMILES string of the molecule is O=C(/C=C/c1cccc([N+](=O)[O-])c1)NS(=O)(=O)c1ccc(Br)cc1. The average Bonchev–Trinajstić information content (AvgIpc) is 2.53. The van der Waals surface area contributed by atoms with Crippen LogP contribution in [-0.2, 0) is 14.8 Å². The van der Waals surface area contributed by atoms with E-state index in [1.54, 1.807) is 6.07 Å². The smallest absolute Gasteiger partial charge is 0.269 e. The Morgan fingerprint density at radius 2 is 1.83 bits per heavy atom. The predicted octanol–water partition coefficient (Wildman–Crippen LogP) is 2.88. The summed E-state index contributed by atoms with van der Waals surface area (Å²) in [4.78, 5) is 21.8. The summed E-state index contributed by atoms with van der Waals surface area (Å²) in [5.41, 5.74) is 0.278. The van der Waals surface area contributed by atoms with E-state index >= 15 is 0 Å². The number of rotatable bonds is 5. The molecule has 0 aliphatic carbocycles. The normalized spacial score (nSPS) is 11.4. The number of benzene rings is 2. The van der Waals surface area contributed by atoms with Crippen LogP contribution in [0.4, 0.5) is 5.69 Å². The number of nitro groups is 1. The third-order valence-corrected chi connectivity index (χ3v) is 4.76. The molecule has 0 radical (unpaired) electrons. The van der Waals surface area contributed by atoms with E-state index < -0.39 is 20.9 Å². The molecule has 0 atom stereocenters. The Morgan fingerprint density at radius 1 is 1.17 bits per heavy atom. The number of hydrogen-bond acceptors (Lipinski definition) is 5. The molecule has 7 nitrogen and oxygen atoms in total. The Labute approximate surface area is 146 Å². The molecular formula is C15H11BrN2O5S. The van der Waals surface area contributed by atoms with Crippen LogP contribution in [0.25, 0.3) is 6.08 Å². The van der Waals surface area contributed by atoms with Crippen LogP contribution in [0.1, 0.15) is 5.56 Å². The molecule has 1 N–H and O–H groups in total. The quantitative estimate of drug-likeness (QED) is 0.463. The zero-order valence-corrected chi connectivity index (χ0v) is 14.5. The highest BCUT2D eigenvalue weighted by molar-refractivity contribution is 9.10. The molecule has 0 bridgehead atoms. The van der Waals surface area contributed by atoms with Crippen LogP contribution in [0, 0.1) is 10.1 Å². The fraction of sp³-hybridized carbons (Fsp3) is 0. The summed E-state index contributed by atoms with van der Waals surface area (Å²) in [5, 5.41) is 10.7. The van der Waals surface area contributed by atoms with Crippen molar-refractivity contribution in [3.8, 4) is 0 Å². The maximum absolute atomic E-state index is 12.0. The summed E-state index contributed by atoms with van der Waals surface area (Å²) in [7, 11) is -3.98. The first-order chi connectivity index (χ1) is 11.3. The molecule has 0 saturated heterocycles. The fourth-order valence-electron chi connectivity index (χ4n) is 1.75. The zero-order valence-electron chi connectivity index (χ0n) is 12.0. The van der Waals surface area contributed by atoms with Crippen molar-refractivity contribution in [2.45, 2.75) is 4.90 Å². The molecule has 2 aromatic carbocycles. The first-order valence-corrected chi connectivity index (χ1v) is 8.80. The first-order valence-electron chi connectivity index (χ1n) is 6.53. The lowest BCUT2D eigenvalue weighted by atomic mass is 10.2. The van der Waals surface area contributed by atoms with Crippen LogP contribution in [0.15, 0.2) is 64.0 Å². The first kappa shape index (κ1) is 17.8. The van der Waals surface area contributed by atoms with Gasteiger partial charge < -0.3 is 0 Å². The lowest BCUT2D eigenvalue weighted by molar-refractivity contribution is -0.384. The molecule has 24 heavy (non-hydrogen) atoms. The Morgan fingerprint density at radius 3 is 2.46 bits per heavy atom. The molecule has 2 rings (SSSR count). The molecule has 1 amide bonds. The Bertz CT molecular complexity index is 908. The lowest BCUT2D eigenvalue weighted by Gasteiger charge is -2.04. The third kappa shape index (κ3) is 4.74. The molecule has 0 spiro atoms. The van der Waals surface area contributed by atoms with E-state index in [1.165, 1.54) is 48.5 Å². The highest BCUT2D eigenvalue weighted by atomic mass is 79.9. The van der Waals surface area contributed by atoms with Crippen molar-refractivity contribution < 1.29 is 18.1 Å². The number of nitrogens with one attached hydrogen (secondary N) is 1. The summed E-state index contributed by atoms with van der Waals surface area (Å²) < 4.78 is 26.7. The van der Waals surface area contributed by atoms with E-state index in [0.717, 1.165) is 6.08 Å². The van der Waals surface area contributed by atoms with Crippen LogP contribution in [-0.4, -0.2) is 19.2 Å². The second-order valence-electron chi connectivity index (χ2n) is 4.61. The molecule has 0 aliphatic rings. The standard InChI is InChI=1S/C15H11BrN2O5S/c16-12-5-7-14(8-6-12)24(22,23)17-15(19)9-4-11-2-1-3-13(10-11)18(20)21/h1-10H,(H,17,19)/b9-4+. The van der Waals surface area contributed by atoms with Crippen molar-refractivity contribution in [3.05, 3.63) is 74.8 Å². The van der Waals surface area contributed by atoms with Crippen LogP contribution < -0.4 is 4.72 Å². The van der Waals surface area contributed by atoms with Gasteiger partial charge in [-0.25, -0.2) is 13.1 Å². The van der Waals surface area contributed by atoms with Crippen molar-refractivity contribution in [1.82, 2.24) is 4.72 Å². The largest absolute Gasteiger partial charge is 0.270 e. The van der Waals surface area contributed by atoms with Gasteiger partial charge in [0, 0.05) is 22.7 Å². The fourth-order valence-corrected chi connectivity index (χ4v) is 2.96. The number of carbonyl (C=O) groups is 1. The number of sulfonamides is 1. The van der Waals surface area contributed by atoms with Crippen LogP contribution in [0.2, 0.25) is 0 Å². The number of hydrogen-bond donors (Lipinski definition) is 1. The van der Waals surface area contributed by atoms with E-state index in [-0.39, 0.29) is 10.6 Å². The van der Waals surface area contributed by atoms with Crippen molar-refractivity contribution in [2.24, 2.45) is 0 Å². The van der Waals surface area contributed by atoms with E-state index in [0.29, 0.717) is 10.0 Å². The summed E-state index contributed by atoms with van der Waals surface area (Å²) >= 11 is 3.19. The van der Waals surface area contributed by atoms with Crippen LogP contribution in [0.3, 0.4) is 0 Å². The number of non-ortho nitro benzene ring substituents is 1. The van der Waals surface area contributed by atoms with E-state index in [4.69, 9.17) is 0 Å². The summed E-state index contributed by atoms with van der Waals surface area (Å²) in [6.07, 6.45) is 2.29. The maximum atomic E-state index is 12.0. The molecule has 124 valence electrons. The van der Waals surface area contributed by atoms with E-state index in [2.05, 4.69) is 15.9 Å². The van der Waals surface area contributed by atoms with Gasteiger partial charge >= 0.3 is 0 Å². The molecule has 0 fully saturated rings. The number of amides is 1. The Kier molecular flexibility index (Phi) is 5.47. The van der Waals surface area contributed by atoms with Crippen molar-refractivity contribution in [1.29, 1.82) is 0 Å². The summed E-state index contributed by atoms with van der Waals surface area (Å²) in [6.45, 7) is 0. The Balaban J connectivity index is 2.11. The van der Waals surface area contributed by atoms with Crippen LogP contribution >= 0.6 is 15.9 Å². The molecule has 0 heterocycles. The van der Waals surface area contributed by atoms with Crippen molar-refractivity contribution in [2.75, 3.05) is 0 Å². The molecule has 0 unspecified atom stereocenters. The lowest BCUT2D eigenvalue weighted by Crippen LogP contribution is -2.28. The average molecular weight is 411 g/mol. The van der Waals surface area contributed by atoms with Gasteiger partial charge in [-0.3, -0.25) is 14.9 Å². The molecule has 2 aromatic rings. The molecule has 0 aliphatic heterocycles. The van der Waals surface area contributed by atoms with E-state index in [9.17, 15) is 23.3 Å². The number of nitro benzene ring substituents is 1. The molecule has 0 aromatic heterocycles. The van der Waals surface area contributed by atoms with Gasteiger partial charge in [0.25, 0.3) is 21.6 Å².